The van der Waals surface area contributed by atoms with Gasteiger partial charge in [-0.3, -0.25) is 4.68 Å². The lowest BCUT2D eigenvalue weighted by Crippen LogP contribution is -2.25. The Kier molecular flexibility index (Phi) is 7.02. The maximum Gasteiger partial charge on any atom is 0.161 e. The van der Waals surface area contributed by atoms with E-state index in [0.29, 0.717) is 5.92 Å². The molecular formula is C15H30N4O. The molecule has 0 amide bonds. The van der Waals surface area contributed by atoms with Crippen molar-refractivity contribution in [3.05, 3.63) is 11.9 Å². The zero-order valence-electron chi connectivity index (χ0n) is 13.8. The average molecular weight is 282 g/mol. The Labute approximate surface area is 123 Å². The van der Waals surface area contributed by atoms with E-state index in [9.17, 15) is 0 Å². The molecule has 1 heterocycles. The molecule has 116 valence electrons. The minimum Gasteiger partial charge on any atom is -0.493 e. The fraction of sp³-hybridized carbons (Fsp3) is 0.800. The van der Waals surface area contributed by atoms with E-state index >= 15 is 0 Å². The maximum absolute atomic E-state index is 5.49. The van der Waals surface area contributed by atoms with Crippen molar-refractivity contribution in [1.82, 2.24) is 20.0 Å². The van der Waals surface area contributed by atoms with Gasteiger partial charge in [0.2, 0.25) is 0 Å². The third-order valence-electron chi connectivity index (χ3n) is 3.54. The van der Waals surface area contributed by atoms with E-state index in [1.807, 2.05) is 13.2 Å². The van der Waals surface area contributed by atoms with E-state index in [2.05, 4.69) is 47.9 Å². The molecule has 20 heavy (non-hydrogen) atoms. The second kappa shape index (κ2) is 8.27. The van der Waals surface area contributed by atoms with E-state index in [1.165, 1.54) is 6.42 Å². The Morgan fingerprint density at radius 1 is 1.35 bits per heavy atom. The molecule has 1 unspecified atom stereocenters. The van der Waals surface area contributed by atoms with Crippen LogP contribution >= 0.6 is 0 Å². The van der Waals surface area contributed by atoms with Gasteiger partial charge in [0.25, 0.3) is 0 Å². The zero-order chi connectivity index (χ0) is 15.1. The molecule has 1 aromatic rings. The standard InChI is InChI=1S/C15H30N4O/c1-12(2)7-8-13(16-3)15-14(20-6)11-17-19(15)10-9-18(4)5/h11-13,16H,7-10H2,1-6H3. The predicted molar refractivity (Wildman–Crippen MR) is 83.2 cm³/mol. The van der Waals surface area contributed by atoms with Gasteiger partial charge in [-0.05, 0) is 39.9 Å². The van der Waals surface area contributed by atoms with Gasteiger partial charge in [-0.25, -0.2) is 0 Å². The van der Waals surface area contributed by atoms with Crippen molar-refractivity contribution in [2.75, 3.05) is 34.8 Å². The smallest absolute Gasteiger partial charge is 0.161 e. The highest BCUT2D eigenvalue weighted by Gasteiger charge is 2.20. The lowest BCUT2D eigenvalue weighted by atomic mass is 10.0. The largest absolute Gasteiger partial charge is 0.493 e. The minimum atomic E-state index is 0.289. The first-order chi connectivity index (χ1) is 9.49. The fourth-order valence-electron chi connectivity index (χ4n) is 2.28. The highest BCUT2D eigenvalue weighted by atomic mass is 16.5. The molecule has 1 aromatic heterocycles. The van der Waals surface area contributed by atoms with Gasteiger partial charge >= 0.3 is 0 Å². The first-order valence-electron chi connectivity index (χ1n) is 7.41. The number of methoxy groups -OCH3 is 1. The van der Waals surface area contributed by atoms with Gasteiger partial charge in [-0.2, -0.15) is 5.10 Å². The van der Waals surface area contributed by atoms with Crippen molar-refractivity contribution in [2.24, 2.45) is 5.92 Å². The SMILES string of the molecule is CNC(CCC(C)C)c1c(OC)cnn1CCN(C)C. The first-order valence-corrected chi connectivity index (χ1v) is 7.41. The fourth-order valence-corrected chi connectivity index (χ4v) is 2.28. The van der Waals surface area contributed by atoms with Crippen LogP contribution in [0.15, 0.2) is 6.20 Å². The van der Waals surface area contributed by atoms with Crippen LogP contribution in [-0.4, -0.2) is 49.5 Å². The summed E-state index contributed by atoms with van der Waals surface area (Å²) in [5.41, 5.74) is 1.16. The number of nitrogens with zero attached hydrogens (tertiary/aromatic N) is 3. The summed E-state index contributed by atoms with van der Waals surface area (Å²) in [7, 11) is 7.88. The number of ether oxygens (including phenoxy) is 1. The van der Waals surface area contributed by atoms with Gasteiger partial charge in [0.15, 0.2) is 5.75 Å². The van der Waals surface area contributed by atoms with Crippen molar-refractivity contribution in [3.63, 3.8) is 0 Å². The molecule has 0 fully saturated rings. The van der Waals surface area contributed by atoms with E-state index in [4.69, 9.17) is 4.74 Å². The summed E-state index contributed by atoms with van der Waals surface area (Å²) in [5, 5.41) is 7.89. The van der Waals surface area contributed by atoms with Crippen molar-refractivity contribution in [3.8, 4) is 5.75 Å². The van der Waals surface area contributed by atoms with E-state index < -0.39 is 0 Å². The summed E-state index contributed by atoms with van der Waals surface area (Å²) in [6, 6.07) is 0.289. The van der Waals surface area contributed by atoms with Crippen LogP contribution < -0.4 is 10.1 Å². The van der Waals surface area contributed by atoms with Crippen molar-refractivity contribution >= 4 is 0 Å². The van der Waals surface area contributed by atoms with Crippen LogP contribution in [0.1, 0.15) is 38.4 Å². The summed E-state index contributed by atoms with van der Waals surface area (Å²) in [5.74, 6) is 1.59. The molecule has 1 rings (SSSR count). The quantitative estimate of drug-likeness (QED) is 0.753. The van der Waals surface area contributed by atoms with Crippen LogP contribution in [0.5, 0.6) is 5.75 Å². The number of likely N-dealkylation sites (N-methyl/N-ethyl adjacent to an activating group) is 1. The van der Waals surface area contributed by atoms with Crippen LogP contribution in [0.2, 0.25) is 0 Å². The third-order valence-corrected chi connectivity index (χ3v) is 3.54. The average Bonchev–Trinajstić information content (AvgIpc) is 2.80. The molecule has 0 aliphatic rings. The number of hydrogen-bond acceptors (Lipinski definition) is 4. The van der Waals surface area contributed by atoms with Crippen LogP contribution in [-0.2, 0) is 6.54 Å². The zero-order valence-corrected chi connectivity index (χ0v) is 13.8. The van der Waals surface area contributed by atoms with Crippen molar-refractivity contribution in [2.45, 2.75) is 39.3 Å². The summed E-state index contributed by atoms with van der Waals surface area (Å²) >= 11 is 0. The van der Waals surface area contributed by atoms with Gasteiger partial charge in [-0.15, -0.1) is 0 Å². The topological polar surface area (TPSA) is 42.3 Å². The highest BCUT2D eigenvalue weighted by Crippen LogP contribution is 2.28. The molecule has 0 aliphatic heterocycles. The van der Waals surface area contributed by atoms with E-state index in [1.54, 1.807) is 7.11 Å². The van der Waals surface area contributed by atoms with Gasteiger partial charge in [-0.1, -0.05) is 13.8 Å². The lowest BCUT2D eigenvalue weighted by Gasteiger charge is -2.21. The summed E-state index contributed by atoms with van der Waals surface area (Å²) in [4.78, 5) is 2.17. The molecule has 0 aliphatic carbocycles. The van der Waals surface area contributed by atoms with E-state index in [-0.39, 0.29) is 6.04 Å². The first kappa shape index (κ1) is 17.0. The lowest BCUT2D eigenvalue weighted by molar-refractivity contribution is 0.349. The van der Waals surface area contributed by atoms with Crippen LogP contribution in [0.3, 0.4) is 0 Å². The number of rotatable bonds is 9. The molecule has 0 radical (unpaired) electrons. The molecule has 0 spiro atoms. The molecule has 5 nitrogen and oxygen atoms in total. The number of aromatic nitrogens is 2. The van der Waals surface area contributed by atoms with Crippen LogP contribution in [0.25, 0.3) is 0 Å². The Morgan fingerprint density at radius 3 is 2.55 bits per heavy atom. The van der Waals surface area contributed by atoms with Gasteiger partial charge in [0.05, 0.1) is 31.6 Å². The third kappa shape index (κ3) is 4.80. The van der Waals surface area contributed by atoms with Gasteiger partial charge in [0.1, 0.15) is 0 Å². The molecule has 1 N–H and O–H groups in total. The maximum atomic E-state index is 5.49. The number of nitrogens with one attached hydrogen (secondary N) is 1. The normalized spacial score (nSPS) is 13.2. The molecule has 1 atom stereocenters. The Morgan fingerprint density at radius 2 is 2.05 bits per heavy atom. The summed E-state index contributed by atoms with van der Waals surface area (Å²) in [6.45, 7) is 6.37. The highest BCUT2D eigenvalue weighted by molar-refractivity contribution is 5.28. The monoisotopic (exact) mass is 282 g/mol. The molecule has 0 saturated carbocycles. The Hall–Kier alpha value is -1.07. The van der Waals surface area contributed by atoms with Gasteiger partial charge < -0.3 is 15.0 Å². The van der Waals surface area contributed by atoms with Crippen LogP contribution in [0, 0.1) is 5.92 Å². The molecule has 0 bridgehead atoms. The minimum absolute atomic E-state index is 0.289. The summed E-state index contributed by atoms with van der Waals surface area (Å²) < 4.78 is 7.56. The number of hydrogen-bond donors (Lipinski definition) is 1. The molecular weight excluding hydrogens is 252 g/mol. The molecule has 0 aromatic carbocycles. The molecule has 5 heteroatoms. The predicted octanol–water partition coefficient (Wildman–Crippen LogP) is 2.15. The van der Waals surface area contributed by atoms with E-state index in [0.717, 1.165) is 31.0 Å². The Bertz CT molecular complexity index is 387. The molecule has 0 saturated heterocycles. The Balaban J connectivity index is 2.89. The van der Waals surface area contributed by atoms with Crippen molar-refractivity contribution < 1.29 is 4.74 Å². The van der Waals surface area contributed by atoms with Crippen LogP contribution in [0.4, 0.5) is 0 Å². The summed E-state index contributed by atoms with van der Waals surface area (Å²) in [6.07, 6.45) is 4.11. The van der Waals surface area contributed by atoms with Crippen molar-refractivity contribution in [1.29, 1.82) is 0 Å². The second-order valence-electron chi connectivity index (χ2n) is 5.94. The van der Waals surface area contributed by atoms with Gasteiger partial charge in [0, 0.05) is 6.54 Å². The second-order valence-corrected chi connectivity index (χ2v) is 5.94.